The lowest BCUT2D eigenvalue weighted by molar-refractivity contribution is -0.114. The molecule has 5 N–H and O–H groups in total. The quantitative estimate of drug-likeness (QED) is 0.281. The number of nitrogens with two attached hydrogens (primary N) is 1. The molecule has 1 fully saturated rings. The molecule has 0 aliphatic carbocycles. The fourth-order valence-corrected chi connectivity index (χ4v) is 4.62. The zero-order valence-electron chi connectivity index (χ0n) is 22.3. The number of carbonyl (C=O) groups is 2. The van der Waals surface area contributed by atoms with Gasteiger partial charge < -0.3 is 26.6 Å². The molecule has 1 saturated heterocycles. The van der Waals surface area contributed by atoms with Crippen LogP contribution in [0.4, 0.5) is 29.0 Å². The summed E-state index contributed by atoms with van der Waals surface area (Å²) < 4.78 is 1.71. The molecule has 1 aliphatic heterocycles. The van der Waals surface area contributed by atoms with Crippen molar-refractivity contribution in [2.45, 2.75) is 45.6 Å². The largest absolute Gasteiger partial charge is 0.339 e. The molecule has 1 atom stereocenters. The first kappa shape index (κ1) is 26.1. The van der Waals surface area contributed by atoms with Crippen molar-refractivity contribution < 1.29 is 9.59 Å². The van der Waals surface area contributed by atoms with Crippen LogP contribution >= 0.6 is 0 Å². The lowest BCUT2D eigenvalue weighted by Crippen LogP contribution is -2.43. The predicted octanol–water partition coefficient (Wildman–Crippen LogP) is 4.13. The second kappa shape index (κ2) is 11.1. The van der Waals surface area contributed by atoms with Gasteiger partial charge >= 0.3 is 0 Å². The zero-order valence-corrected chi connectivity index (χ0v) is 22.3. The summed E-state index contributed by atoms with van der Waals surface area (Å²) in [5.41, 5.74) is 10.5. The van der Waals surface area contributed by atoms with Gasteiger partial charge in [0.15, 0.2) is 5.65 Å². The summed E-state index contributed by atoms with van der Waals surface area (Å²) in [5, 5.41) is 13.5. The molecule has 202 valence electrons. The molecule has 2 amide bonds. The third-order valence-corrected chi connectivity index (χ3v) is 6.59. The number of anilines is 5. The van der Waals surface area contributed by atoms with E-state index in [0.29, 0.717) is 35.4 Å². The number of aromatic nitrogens is 4. The summed E-state index contributed by atoms with van der Waals surface area (Å²) >= 11 is 0. The van der Waals surface area contributed by atoms with E-state index in [1.54, 1.807) is 28.8 Å². The number of nitrogens with one attached hydrogen (secondary N) is 3. The van der Waals surface area contributed by atoms with Crippen molar-refractivity contribution in [2.75, 3.05) is 33.9 Å². The van der Waals surface area contributed by atoms with Gasteiger partial charge in [-0.1, -0.05) is 19.9 Å². The monoisotopic (exact) mass is 527 g/mol. The summed E-state index contributed by atoms with van der Waals surface area (Å²) in [6.45, 7) is 7.22. The summed E-state index contributed by atoms with van der Waals surface area (Å²) in [7, 11) is 0. The number of carbonyl (C=O) groups excluding carboxylic acids is 2. The molecular weight excluding hydrogens is 494 g/mol. The second-order valence-corrected chi connectivity index (χ2v) is 10.1. The fourth-order valence-electron chi connectivity index (χ4n) is 4.62. The summed E-state index contributed by atoms with van der Waals surface area (Å²) in [4.78, 5) is 35.9. The first-order chi connectivity index (χ1) is 18.8. The fraction of sp³-hybridized carbons (Fsp3) is 0.321. The highest BCUT2D eigenvalue weighted by molar-refractivity contribution is 6.04. The molecule has 1 unspecified atom stereocenters. The van der Waals surface area contributed by atoms with Crippen LogP contribution in [0.2, 0.25) is 0 Å². The van der Waals surface area contributed by atoms with E-state index in [1.165, 1.54) is 6.92 Å². The standard InChI is InChI=1S/C28H33N9O2/c1-17(2)24-15-30-37-25(24)34-27(36-13-5-6-20(29)16-36)35-28(37)33-23-8-4-7-22(14-23)32-26(39)19-9-11-21(12-10-19)31-18(3)38/h4,7-12,14-15,17,20H,5-6,13,16,29H2,1-3H3,(H,31,38)(H,32,39)(H,33,34,35). The van der Waals surface area contributed by atoms with E-state index in [1.807, 2.05) is 30.5 Å². The van der Waals surface area contributed by atoms with Crippen molar-refractivity contribution in [3.05, 3.63) is 65.9 Å². The smallest absolute Gasteiger partial charge is 0.255 e. The first-order valence-electron chi connectivity index (χ1n) is 13.1. The second-order valence-electron chi connectivity index (χ2n) is 10.1. The summed E-state index contributed by atoms with van der Waals surface area (Å²) in [6.07, 6.45) is 3.82. The molecule has 4 aromatic rings. The highest BCUT2D eigenvalue weighted by atomic mass is 16.2. The number of nitrogens with zero attached hydrogens (tertiary/aromatic N) is 5. The Kier molecular flexibility index (Phi) is 7.42. The molecule has 1 aliphatic rings. The van der Waals surface area contributed by atoms with Crippen LogP contribution < -0.4 is 26.6 Å². The molecule has 0 saturated carbocycles. The van der Waals surface area contributed by atoms with Crippen molar-refractivity contribution in [2.24, 2.45) is 5.73 Å². The average molecular weight is 528 g/mol. The van der Waals surface area contributed by atoms with Gasteiger partial charge in [-0.3, -0.25) is 9.59 Å². The molecule has 0 radical (unpaired) electrons. The van der Waals surface area contributed by atoms with Crippen LogP contribution in [-0.2, 0) is 4.79 Å². The van der Waals surface area contributed by atoms with Crippen LogP contribution in [0, 0.1) is 0 Å². The minimum Gasteiger partial charge on any atom is -0.339 e. The maximum atomic E-state index is 12.8. The SMILES string of the molecule is CC(=O)Nc1ccc(C(=O)Nc2cccc(Nc3nc(N4CCCC(N)C4)nc4c(C(C)C)cnn34)c2)cc1. The van der Waals surface area contributed by atoms with Crippen molar-refractivity contribution in [1.82, 2.24) is 19.6 Å². The topological polar surface area (TPSA) is 143 Å². The number of rotatable bonds is 7. The minimum atomic E-state index is -0.261. The molecule has 2 aromatic heterocycles. The summed E-state index contributed by atoms with van der Waals surface area (Å²) in [5.74, 6) is 0.961. The van der Waals surface area contributed by atoms with Gasteiger partial charge in [0.1, 0.15) is 0 Å². The van der Waals surface area contributed by atoms with Gasteiger partial charge in [-0.25, -0.2) is 0 Å². The third kappa shape index (κ3) is 5.99. The normalized spacial score (nSPS) is 15.4. The van der Waals surface area contributed by atoms with Crippen LogP contribution in [0.3, 0.4) is 0 Å². The summed E-state index contributed by atoms with van der Waals surface area (Å²) in [6, 6.07) is 14.2. The molecule has 11 nitrogen and oxygen atoms in total. The lowest BCUT2D eigenvalue weighted by atomic mass is 10.1. The lowest BCUT2D eigenvalue weighted by Gasteiger charge is -2.31. The van der Waals surface area contributed by atoms with E-state index in [4.69, 9.17) is 15.7 Å². The number of fused-ring (bicyclic) bond motifs is 1. The predicted molar refractivity (Wildman–Crippen MR) is 153 cm³/mol. The van der Waals surface area contributed by atoms with Crippen LogP contribution in [0.15, 0.2) is 54.7 Å². The maximum absolute atomic E-state index is 12.8. The number of amides is 2. The van der Waals surface area contributed by atoms with Gasteiger partial charge in [0, 0.05) is 54.2 Å². The average Bonchev–Trinajstić information content (AvgIpc) is 3.34. The molecular formula is C28H33N9O2. The molecule has 11 heteroatoms. The molecule has 39 heavy (non-hydrogen) atoms. The van der Waals surface area contributed by atoms with Gasteiger partial charge in [0.05, 0.1) is 6.20 Å². The van der Waals surface area contributed by atoms with Gasteiger partial charge in [0.25, 0.3) is 5.91 Å². The van der Waals surface area contributed by atoms with Crippen molar-refractivity contribution in [3.8, 4) is 0 Å². The van der Waals surface area contributed by atoms with Gasteiger partial charge in [0.2, 0.25) is 17.8 Å². The van der Waals surface area contributed by atoms with Crippen molar-refractivity contribution >= 4 is 46.4 Å². The van der Waals surface area contributed by atoms with E-state index in [-0.39, 0.29) is 23.8 Å². The van der Waals surface area contributed by atoms with Crippen molar-refractivity contribution in [3.63, 3.8) is 0 Å². The van der Waals surface area contributed by atoms with Crippen LogP contribution in [0.5, 0.6) is 0 Å². The Hall–Kier alpha value is -4.51. The molecule has 2 aromatic carbocycles. The Labute approximate surface area is 226 Å². The maximum Gasteiger partial charge on any atom is 0.255 e. The molecule has 5 rings (SSSR count). The number of benzene rings is 2. The van der Waals surface area contributed by atoms with E-state index in [9.17, 15) is 9.59 Å². The van der Waals surface area contributed by atoms with E-state index in [2.05, 4.69) is 39.8 Å². The van der Waals surface area contributed by atoms with E-state index in [0.717, 1.165) is 36.3 Å². The third-order valence-electron chi connectivity index (χ3n) is 6.59. The first-order valence-corrected chi connectivity index (χ1v) is 13.1. The Bertz CT molecular complexity index is 1500. The van der Waals surface area contributed by atoms with Gasteiger partial charge in [-0.05, 0) is 61.2 Å². The Morgan fingerprint density at radius 3 is 2.51 bits per heavy atom. The van der Waals surface area contributed by atoms with Crippen LogP contribution in [-0.4, -0.2) is 50.5 Å². The van der Waals surface area contributed by atoms with Crippen LogP contribution in [0.1, 0.15) is 55.5 Å². The zero-order chi connectivity index (χ0) is 27.5. The number of piperidine rings is 1. The van der Waals surface area contributed by atoms with E-state index >= 15 is 0 Å². The number of hydrogen-bond donors (Lipinski definition) is 4. The van der Waals surface area contributed by atoms with E-state index < -0.39 is 0 Å². The Balaban J connectivity index is 1.39. The molecule has 3 heterocycles. The minimum absolute atomic E-state index is 0.0892. The highest BCUT2D eigenvalue weighted by Gasteiger charge is 2.22. The Morgan fingerprint density at radius 1 is 1.03 bits per heavy atom. The Morgan fingerprint density at radius 2 is 1.79 bits per heavy atom. The van der Waals surface area contributed by atoms with Gasteiger partial charge in [-0.15, -0.1) is 0 Å². The van der Waals surface area contributed by atoms with Gasteiger partial charge in [-0.2, -0.15) is 19.6 Å². The highest BCUT2D eigenvalue weighted by Crippen LogP contribution is 2.27. The number of hydrogen-bond acceptors (Lipinski definition) is 8. The van der Waals surface area contributed by atoms with Crippen LogP contribution in [0.25, 0.3) is 5.65 Å². The molecule has 0 spiro atoms. The molecule has 0 bridgehead atoms. The van der Waals surface area contributed by atoms with Crippen molar-refractivity contribution in [1.29, 1.82) is 0 Å².